The number of aliphatic carboxylic acids is 1. The molecule has 1 N–H and O–H groups in total. The number of nitrogens with zero attached hydrogens (tertiary/aromatic N) is 1. The maximum atomic E-state index is 12.6. The molecule has 116 valence electrons. The quantitative estimate of drug-likeness (QED) is 0.904. The topological polar surface area (TPSA) is 74.7 Å². The van der Waals surface area contributed by atoms with Crippen molar-refractivity contribution in [3.63, 3.8) is 0 Å². The Morgan fingerprint density at radius 1 is 1.33 bits per heavy atom. The SMILES string of the molecule is CCCc1cccc(S(=O)(=O)N2CCC(C(=O)O)CC2)c1. The lowest BCUT2D eigenvalue weighted by atomic mass is 9.99. The molecule has 0 bridgehead atoms. The lowest BCUT2D eigenvalue weighted by Crippen LogP contribution is -2.40. The van der Waals surface area contributed by atoms with Crippen LogP contribution in [0.5, 0.6) is 0 Å². The van der Waals surface area contributed by atoms with Gasteiger partial charge in [-0.25, -0.2) is 8.42 Å². The van der Waals surface area contributed by atoms with E-state index in [4.69, 9.17) is 5.11 Å². The fourth-order valence-corrected chi connectivity index (χ4v) is 4.18. The summed E-state index contributed by atoms with van der Waals surface area (Å²) in [6.07, 6.45) is 2.57. The number of aryl methyl sites for hydroxylation is 1. The van der Waals surface area contributed by atoms with E-state index in [2.05, 4.69) is 6.92 Å². The second-order valence-electron chi connectivity index (χ2n) is 5.41. The fourth-order valence-electron chi connectivity index (χ4n) is 2.64. The first kappa shape index (κ1) is 16.0. The third-order valence-electron chi connectivity index (χ3n) is 3.88. The van der Waals surface area contributed by atoms with Crippen LogP contribution in [0.3, 0.4) is 0 Å². The minimum atomic E-state index is -3.51. The van der Waals surface area contributed by atoms with Gasteiger partial charge in [-0.05, 0) is 37.0 Å². The van der Waals surface area contributed by atoms with Gasteiger partial charge in [0.2, 0.25) is 10.0 Å². The smallest absolute Gasteiger partial charge is 0.306 e. The molecule has 0 unspecified atom stereocenters. The second kappa shape index (κ2) is 6.58. The van der Waals surface area contributed by atoms with Crippen molar-refractivity contribution in [2.24, 2.45) is 5.92 Å². The molecule has 1 saturated heterocycles. The van der Waals surface area contributed by atoms with Crippen LogP contribution in [0.2, 0.25) is 0 Å². The molecule has 0 radical (unpaired) electrons. The molecule has 1 aromatic rings. The number of carbonyl (C=O) groups is 1. The van der Waals surface area contributed by atoms with Gasteiger partial charge in [-0.15, -0.1) is 0 Å². The molecular weight excluding hydrogens is 290 g/mol. The van der Waals surface area contributed by atoms with Gasteiger partial charge in [0.1, 0.15) is 0 Å². The zero-order chi connectivity index (χ0) is 15.5. The van der Waals surface area contributed by atoms with Crippen LogP contribution >= 0.6 is 0 Å². The zero-order valence-corrected chi connectivity index (χ0v) is 13.0. The molecule has 0 amide bonds. The highest BCUT2D eigenvalue weighted by Crippen LogP contribution is 2.24. The maximum absolute atomic E-state index is 12.6. The van der Waals surface area contributed by atoms with Crippen LogP contribution in [0.25, 0.3) is 0 Å². The summed E-state index contributed by atoms with van der Waals surface area (Å²) in [5.41, 5.74) is 1.01. The van der Waals surface area contributed by atoms with Crippen molar-refractivity contribution in [3.8, 4) is 0 Å². The Labute approximate surface area is 125 Å². The number of hydrogen-bond acceptors (Lipinski definition) is 3. The molecule has 2 rings (SSSR count). The van der Waals surface area contributed by atoms with E-state index in [9.17, 15) is 13.2 Å². The summed E-state index contributed by atoms with van der Waals surface area (Å²) in [6, 6.07) is 7.03. The van der Waals surface area contributed by atoms with Crippen molar-refractivity contribution >= 4 is 16.0 Å². The minimum absolute atomic E-state index is 0.275. The van der Waals surface area contributed by atoms with Crippen LogP contribution in [0.4, 0.5) is 0 Å². The number of benzene rings is 1. The van der Waals surface area contributed by atoms with Gasteiger partial charge in [0.25, 0.3) is 0 Å². The number of sulfonamides is 1. The molecular formula is C15H21NO4S. The number of hydrogen-bond donors (Lipinski definition) is 1. The summed E-state index contributed by atoms with van der Waals surface area (Å²) in [7, 11) is -3.51. The number of piperidine rings is 1. The number of carboxylic acids is 1. The molecule has 21 heavy (non-hydrogen) atoms. The monoisotopic (exact) mass is 311 g/mol. The highest BCUT2D eigenvalue weighted by Gasteiger charge is 2.31. The van der Waals surface area contributed by atoms with Crippen molar-refractivity contribution in [2.75, 3.05) is 13.1 Å². The first-order valence-electron chi connectivity index (χ1n) is 7.27. The number of carboxylic acid groups (broad SMARTS) is 1. The van der Waals surface area contributed by atoms with Gasteiger partial charge in [0.15, 0.2) is 0 Å². The van der Waals surface area contributed by atoms with Crippen molar-refractivity contribution < 1.29 is 18.3 Å². The molecule has 6 heteroatoms. The molecule has 1 aliphatic rings. The normalized spacial score (nSPS) is 17.8. The Hall–Kier alpha value is -1.40. The molecule has 0 saturated carbocycles. The van der Waals surface area contributed by atoms with Crippen molar-refractivity contribution in [3.05, 3.63) is 29.8 Å². The molecule has 1 aliphatic heterocycles. The van der Waals surface area contributed by atoms with Crippen molar-refractivity contribution in [1.82, 2.24) is 4.31 Å². The first-order chi connectivity index (χ1) is 9.95. The van der Waals surface area contributed by atoms with Crippen molar-refractivity contribution in [1.29, 1.82) is 0 Å². The molecule has 5 nitrogen and oxygen atoms in total. The summed E-state index contributed by atoms with van der Waals surface area (Å²) in [5, 5.41) is 8.97. The average molecular weight is 311 g/mol. The second-order valence-corrected chi connectivity index (χ2v) is 7.35. The molecule has 1 heterocycles. The van der Waals surface area contributed by atoms with E-state index < -0.39 is 21.9 Å². The Morgan fingerprint density at radius 3 is 2.57 bits per heavy atom. The van der Waals surface area contributed by atoms with E-state index in [-0.39, 0.29) is 13.1 Å². The third-order valence-corrected chi connectivity index (χ3v) is 5.77. The van der Waals surface area contributed by atoms with Crippen LogP contribution < -0.4 is 0 Å². The summed E-state index contributed by atoms with van der Waals surface area (Å²) >= 11 is 0. The van der Waals surface area contributed by atoms with Gasteiger partial charge in [0, 0.05) is 13.1 Å². The Bertz CT molecular complexity index is 604. The van der Waals surface area contributed by atoms with E-state index in [1.165, 1.54) is 4.31 Å². The summed E-state index contributed by atoms with van der Waals surface area (Å²) in [5.74, 6) is -1.26. The van der Waals surface area contributed by atoms with Crippen LogP contribution in [-0.4, -0.2) is 36.9 Å². The highest BCUT2D eigenvalue weighted by atomic mass is 32.2. The summed E-state index contributed by atoms with van der Waals surface area (Å²) in [6.45, 7) is 2.60. The molecule has 0 aliphatic carbocycles. The first-order valence-corrected chi connectivity index (χ1v) is 8.71. The molecule has 0 spiro atoms. The zero-order valence-electron chi connectivity index (χ0n) is 12.2. The largest absolute Gasteiger partial charge is 0.481 e. The lowest BCUT2D eigenvalue weighted by molar-refractivity contribution is -0.142. The summed E-state index contributed by atoms with van der Waals surface area (Å²) in [4.78, 5) is 11.2. The predicted octanol–water partition coefficient (Wildman–Crippen LogP) is 2.12. The highest BCUT2D eigenvalue weighted by molar-refractivity contribution is 7.89. The van der Waals surface area contributed by atoms with Gasteiger partial charge in [-0.2, -0.15) is 4.31 Å². The van der Waals surface area contributed by atoms with E-state index in [0.29, 0.717) is 17.7 Å². The van der Waals surface area contributed by atoms with E-state index in [0.717, 1.165) is 18.4 Å². The van der Waals surface area contributed by atoms with Crippen LogP contribution in [0.15, 0.2) is 29.2 Å². The van der Waals surface area contributed by atoms with Crippen molar-refractivity contribution in [2.45, 2.75) is 37.5 Å². The molecule has 0 aromatic heterocycles. The van der Waals surface area contributed by atoms with Gasteiger partial charge >= 0.3 is 5.97 Å². The third kappa shape index (κ3) is 3.63. The standard InChI is InChI=1S/C15H21NO4S/c1-2-4-12-5-3-6-14(11-12)21(19,20)16-9-7-13(8-10-16)15(17)18/h3,5-6,11,13H,2,4,7-10H2,1H3,(H,17,18). The van der Waals surface area contributed by atoms with E-state index >= 15 is 0 Å². The van der Waals surface area contributed by atoms with E-state index in [1.807, 2.05) is 6.07 Å². The number of rotatable bonds is 5. The Balaban J connectivity index is 2.15. The molecule has 1 aromatic carbocycles. The predicted molar refractivity (Wildman–Crippen MR) is 79.6 cm³/mol. The van der Waals surface area contributed by atoms with Crippen LogP contribution in [-0.2, 0) is 21.2 Å². The van der Waals surface area contributed by atoms with Gasteiger partial charge in [0.05, 0.1) is 10.8 Å². The molecule has 1 fully saturated rings. The lowest BCUT2D eigenvalue weighted by Gasteiger charge is -2.29. The molecule has 0 atom stereocenters. The van der Waals surface area contributed by atoms with E-state index in [1.54, 1.807) is 18.2 Å². The minimum Gasteiger partial charge on any atom is -0.481 e. The van der Waals surface area contributed by atoms with Gasteiger partial charge in [-0.1, -0.05) is 25.5 Å². The summed E-state index contributed by atoms with van der Waals surface area (Å²) < 4.78 is 26.6. The Kier molecular flexibility index (Phi) is 5.00. The van der Waals surface area contributed by atoms with Crippen LogP contribution in [0.1, 0.15) is 31.7 Å². The average Bonchev–Trinajstić information content (AvgIpc) is 2.48. The fraction of sp³-hybridized carbons (Fsp3) is 0.533. The van der Waals surface area contributed by atoms with Crippen LogP contribution in [0, 0.1) is 5.92 Å². The Morgan fingerprint density at radius 2 is 2.00 bits per heavy atom. The van der Waals surface area contributed by atoms with Gasteiger partial charge in [-0.3, -0.25) is 4.79 Å². The maximum Gasteiger partial charge on any atom is 0.306 e. The van der Waals surface area contributed by atoms with Gasteiger partial charge < -0.3 is 5.11 Å².